The second-order valence-corrected chi connectivity index (χ2v) is 15.2. The zero-order chi connectivity index (χ0) is 26.3. The molecule has 0 aromatic carbocycles. The highest BCUT2D eigenvalue weighted by Crippen LogP contribution is 2.61. The van der Waals surface area contributed by atoms with E-state index in [1.807, 2.05) is 0 Å². The Morgan fingerprint density at radius 2 is 0.838 bits per heavy atom. The molecule has 7 rings (SSSR count). The summed E-state index contributed by atoms with van der Waals surface area (Å²) in [6.07, 6.45) is 9.60. The molecule has 4 bridgehead atoms. The molecule has 7 heteroatoms. The highest BCUT2D eigenvalue weighted by molar-refractivity contribution is 5.15. The van der Waals surface area contributed by atoms with Crippen LogP contribution in [0.15, 0.2) is 0 Å². The van der Waals surface area contributed by atoms with Crippen molar-refractivity contribution in [1.82, 2.24) is 0 Å². The van der Waals surface area contributed by atoms with Gasteiger partial charge in [0.2, 0.25) is 0 Å². The van der Waals surface area contributed by atoms with Gasteiger partial charge in [0.25, 0.3) is 0 Å². The lowest BCUT2D eigenvalue weighted by atomic mass is 9.87. The van der Waals surface area contributed by atoms with Crippen LogP contribution < -0.4 is 0 Å². The van der Waals surface area contributed by atoms with Crippen molar-refractivity contribution in [3.05, 3.63) is 0 Å². The van der Waals surface area contributed by atoms with Gasteiger partial charge in [-0.3, -0.25) is 0 Å². The Bertz CT molecular complexity index is 907. The lowest BCUT2D eigenvalue weighted by Gasteiger charge is -2.53. The molecule has 37 heavy (non-hydrogen) atoms. The number of hydrogen-bond acceptors (Lipinski definition) is 7. The highest BCUT2D eigenvalue weighted by Gasteiger charge is 2.71. The van der Waals surface area contributed by atoms with Crippen molar-refractivity contribution >= 4 is 0 Å². The van der Waals surface area contributed by atoms with E-state index in [2.05, 4.69) is 55.4 Å². The van der Waals surface area contributed by atoms with Gasteiger partial charge in [-0.2, -0.15) is 0 Å². The van der Waals surface area contributed by atoms with E-state index in [4.69, 9.17) is 33.2 Å². The fourth-order valence-electron chi connectivity index (χ4n) is 9.07. The fourth-order valence-corrected chi connectivity index (χ4v) is 9.07. The van der Waals surface area contributed by atoms with Crippen LogP contribution in [0.1, 0.15) is 120 Å². The van der Waals surface area contributed by atoms with E-state index in [1.54, 1.807) is 0 Å². The fraction of sp³-hybridized carbons (Fsp3) is 1.00. The normalized spacial score (nSPS) is 59.7. The number of hydrogen-bond donors (Lipinski definition) is 0. The molecule has 7 heterocycles. The first-order chi connectivity index (χ1) is 17.1. The van der Waals surface area contributed by atoms with Crippen molar-refractivity contribution < 1.29 is 33.2 Å². The Kier molecular flexibility index (Phi) is 5.08. The van der Waals surface area contributed by atoms with E-state index in [-0.39, 0.29) is 35.6 Å². The van der Waals surface area contributed by atoms with Gasteiger partial charge in [-0.15, -0.1) is 0 Å². The first-order valence-electron chi connectivity index (χ1n) is 14.9. The SMILES string of the molecule is CC1(C)O[C@@]2(CC[C@](C)([C@H]3CC[C@@H]([C@]4(C)CC[C@@]5(OC(C)(C)[C@@H]6CC[C@@]5(C)O6)O4)O3)O2)[C@@]2(C)CC[C@@H]1O2. The summed E-state index contributed by atoms with van der Waals surface area (Å²) < 4.78 is 47.7. The number of rotatable bonds is 2. The molecule has 0 aromatic rings. The summed E-state index contributed by atoms with van der Waals surface area (Å²) >= 11 is 0. The molecule has 7 saturated heterocycles. The molecule has 7 aliphatic rings. The van der Waals surface area contributed by atoms with Gasteiger partial charge in [-0.1, -0.05) is 0 Å². The summed E-state index contributed by atoms with van der Waals surface area (Å²) in [5.74, 6) is -1.44. The highest BCUT2D eigenvalue weighted by atomic mass is 16.8. The smallest absolute Gasteiger partial charge is 0.198 e. The first kappa shape index (κ1) is 25.7. The van der Waals surface area contributed by atoms with E-state index < -0.39 is 34.0 Å². The molecule has 0 unspecified atom stereocenters. The third-order valence-corrected chi connectivity index (χ3v) is 11.7. The molecule has 7 aliphatic heterocycles. The Labute approximate surface area is 222 Å². The molecule has 0 N–H and O–H groups in total. The molecule has 210 valence electrons. The van der Waals surface area contributed by atoms with E-state index in [9.17, 15) is 0 Å². The third kappa shape index (κ3) is 3.31. The van der Waals surface area contributed by atoms with Crippen molar-refractivity contribution in [3.63, 3.8) is 0 Å². The van der Waals surface area contributed by atoms with Crippen LogP contribution in [0, 0.1) is 0 Å². The molecule has 7 fully saturated rings. The zero-order valence-electron chi connectivity index (χ0n) is 24.2. The summed E-state index contributed by atoms with van der Waals surface area (Å²) in [5, 5.41) is 0. The van der Waals surface area contributed by atoms with E-state index in [0.29, 0.717) is 0 Å². The largest absolute Gasteiger partial charge is 0.369 e. The van der Waals surface area contributed by atoms with Gasteiger partial charge in [-0.05, 0) is 107 Å². The Hall–Kier alpha value is -0.280. The molecule has 0 saturated carbocycles. The van der Waals surface area contributed by atoms with Crippen LogP contribution in [-0.2, 0) is 33.2 Å². The molecule has 10 atom stereocenters. The van der Waals surface area contributed by atoms with Crippen LogP contribution in [-0.4, -0.2) is 69.6 Å². The lowest BCUT2D eigenvalue weighted by molar-refractivity contribution is -0.411. The molecular formula is C30H48O7. The summed E-state index contributed by atoms with van der Waals surface area (Å²) in [5.41, 5.74) is -2.37. The molecule has 0 aliphatic carbocycles. The number of fused-ring (bicyclic) bond motifs is 6. The minimum absolute atomic E-state index is 0.00491. The summed E-state index contributed by atoms with van der Waals surface area (Å²) in [6.45, 7) is 17.4. The standard InChI is InChI=1S/C30H48O7/c1-23(2)19-11-13-27(7,32-19)29(34-23)17-15-25(5,36-29)21-9-10-22(31-21)26(6)16-18-30(37-26)28(8)14-12-20(33-28)24(3,4)35-30/h19-22H,9-18H2,1-8H3/t19-,20-,21-,22+,25-,26+,27+,28+,29+,30+/m0/s1. The second kappa shape index (κ2) is 7.32. The van der Waals surface area contributed by atoms with Gasteiger partial charge >= 0.3 is 0 Å². The average Bonchev–Trinajstić information content (AvgIpc) is 3.58. The molecule has 7 nitrogen and oxygen atoms in total. The van der Waals surface area contributed by atoms with Gasteiger partial charge in [0.1, 0.15) is 11.2 Å². The van der Waals surface area contributed by atoms with Crippen LogP contribution >= 0.6 is 0 Å². The third-order valence-electron chi connectivity index (χ3n) is 11.7. The first-order valence-corrected chi connectivity index (χ1v) is 14.9. The van der Waals surface area contributed by atoms with Gasteiger partial charge in [-0.25, -0.2) is 0 Å². The minimum Gasteiger partial charge on any atom is -0.369 e. The maximum Gasteiger partial charge on any atom is 0.198 e. The van der Waals surface area contributed by atoms with Crippen molar-refractivity contribution in [1.29, 1.82) is 0 Å². The minimum atomic E-state index is -0.718. The summed E-state index contributed by atoms with van der Waals surface area (Å²) in [7, 11) is 0. The van der Waals surface area contributed by atoms with Gasteiger partial charge in [0.05, 0.1) is 46.8 Å². The second-order valence-electron chi connectivity index (χ2n) is 15.2. The van der Waals surface area contributed by atoms with Gasteiger partial charge < -0.3 is 33.2 Å². The predicted molar refractivity (Wildman–Crippen MR) is 136 cm³/mol. The van der Waals surface area contributed by atoms with Crippen molar-refractivity contribution in [3.8, 4) is 0 Å². The lowest BCUT2D eigenvalue weighted by Crippen LogP contribution is -2.65. The Morgan fingerprint density at radius 1 is 0.432 bits per heavy atom. The van der Waals surface area contributed by atoms with E-state index in [0.717, 1.165) is 64.2 Å². The average molecular weight is 521 g/mol. The maximum absolute atomic E-state index is 7.01. The molecule has 2 spiro atoms. The van der Waals surface area contributed by atoms with Crippen LogP contribution in [0.5, 0.6) is 0 Å². The maximum atomic E-state index is 7.01. The topological polar surface area (TPSA) is 64.6 Å². The van der Waals surface area contributed by atoms with Crippen molar-refractivity contribution in [2.24, 2.45) is 0 Å². The monoisotopic (exact) mass is 520 g/mol. The zero-order valence-corrected chi connectivity index (χ0v) is 24.2. The number of ether oxygens (including phenoxy) is 7. The molecule has 0 aromatic heterocycles. The van der Waals surface area contributed by atoms with Crippen LogP contribution in [0.25, 0.3) is 0 Å². The quantitative estimate of drug-likeness (QED) is 0.472. The Morgan fingerprint density at radius 3 is 1.24 bits per heavy atom. The van der Waals surface area contributed by atoms with Crippen molar-refractivity contribution in [2.45, 2.75) is 189 Å². The van der Waals surface area contributed by atoms with E-state index in [1.165, 1.54) is 0 Å². The molecular weight excluding hydrogens is 472 g/mol. The van der Waals surface area contributed by atoms with Crippen molar-refractivity contribution in [2.75, 3.05) is 0 Å². The molecule has 0 radical (unpaired) electrons. The summed E-state index contributed by atoms with van der Waals surface area (Å²) in [4.78, 5) is 0. The van der Waals surface area contributed by atoms with Crippen LogP contribution in [0.4, 0.5) is 0 Å². The van der Waals surface area contributed by atoms with Gasteiger partial charge in [0, 0.05) is 12.8 Å². The van der Waals surface area contributed by atoms with Crippen LogP contribution in [0.3, 0.4) is 0 Å². The van der Waals surface area contributed by atoms with E-state index >= 15 is 0 Å². The Balaban J connectivity index is 1.09. The molecule has 0 amide bonds. The predicted octanol–water partition coefficient (Wildman–Crippen LogP) is 5.56. The van der Waals surface area contributed by atoms with Crippen LogP contribution in [0.2, 0.25) is 0 Å². The van der Waals surface area contributed by atoms with Gasteiger partial charge in [0.15, 0.2) is 11.6 Å². The summed E-state index contributed by atoms with van der Waals surface area (Å²) in [6, 6.07) is 0.